The first kappa shape index (κ1) is 24.7. The second-order valence-corrected chi connectivity index (χ2v) is 4.40. The van der Waals surface area contributed by atoms with Gasteiger partial charge in [-0.1, -0.05) is 59.4 Å². The average molecular weight is 223 g/mol. The smallest absolute Gasteiger partial charge is 0 e. The predicted octanol–water partition coefficient (Wildman–Crippen LogP) is 5.47. The summed E-state index contributed by atoms with van der Waals surface area (Å²) in [6.45, 7) is 13.0. The summed E-state index contributed by atoms with van der Waals surface area (Å²) >= 11 is 0. The van der Waals surface area contributed by atoms with Crippen molar-refractivity contribution in [2.24, 2.45) is 11.8 Å². The van der Waals surface area contributed by atoms with E-state index in [0.717, 1.165) is 11.8 Å². The van der Waals surface area contributed by atoms with Gasteiger partial charge in [-0.25, -0.2) is 0 Å². The molecular weight excluding hydrogens is 191 g/mol. The van der Waals surface area contributed by atoms with E-state index in [1.165, 1.54) is 12.8 Å². The van der Waals surface area contributed by atoms with Gasteiger partial charge in [0.25, 0.3) is 0 Å². The highest BCUT2D eigenvalue weighted by Gasteiger charge is 1.84. The van der Waals surface area contributed by atoms with Gasteiger partial charge < -0.3 is 0 Å². The Morgan fingerprint density at radius 1 is 0.750 bits per heavy atom. The van der Waals surface area contributed by atoms with Crippen molar-refractivity contribution in [3.05, 3.63) is 24.3 Å². The lowest BCUT2D eigenvalue weighted by atomic mass is 10.1. The van der Waals surface area contributed by atoms with E-state index in [9.17, 15) is 0 Å². The molecule has 0 spiro atoms. The molecule has 0 fully saturated rings. The van der Waals surface area contributed by atoms with Gasteiger partial charge in [-0.05, 0) is 38.5 Å². The van der Waals surface area contributed by atoms with Crippen molar-refractivity contribution in [1.29, 1.82) is 0 Å². The summed E-state index contributed by atoms with van der Waals surface area (Å²) in [7, 11) is 0. The Bertz CT molecular complexity index is 126. The van der Waals surface area contributed by atoms with E-state index in [1.54, 1.807) is 0 Å². The van der Waals surface area contributed by atoms with Crippen LogP contribution in [0.15, 0.2) is 24.3 Å². The molecule has 0 amide bonds. The van der Waals surface area contributed by atoms with Gasteiger partial charge in [-0.3, -0.25) is 0 Å². The van der Waals surface area contributed by atoms with Crippen molar-refractivity contribution in [3.63, 3.8) is 0 Å². The second-order valence-electron chi connectivity index (χ2n) is 4.40. The van der Waals surface area contributed by atoms with E-state index in [4.69, 9.17) is 0 Å². The van der Waals surface area contributed by atoms with Crippen LogP contribution in [0, 0.1) is 11.8 Å². The molecule has 0 aromatic carbocycles. The molecule has 16 heavy (non-hydrogen) atoms. The Balaban J connectivity index is -0.0000000800. The summed E-state index contributed by atoms with van der Waals surface area (Å²) in [5, 5.41) is 0. The molecule has 0 saturated carbocycles. The zero-order valence-corrected chi connectivity index (χ0v) is 11.5. The first-order valence-corrected chi connectivity index (χ1v) is 5.76. The van der Waals surface area contributed by atoms with Crippen LogP contribution in [0.2, 0.25) is 0 Å². The number of rotatable bonds is 4. The summed E-state index contributed by atoms with van der Waals surface area (Å²) < 4.78 is 0. The molecule has 0 N–H and O–H groups in total. The molecule has 3 radical (unpaired) electrons. The third-order valence-corrected chi connectivity index (χ3v) is 1.69. The van der Waals surface area contributed by atoms with Gasteiger partial charge in [0.15, 0.2) is 0 Å². The lowest BCUT2D eigenvalue weighted by Gasteiger charge is -1.93. The van der Waals surface area contributed by atoms with Crippen molar-refractivity contribution < 1.29 is 0 Å². The van der Waals surface area contributed by atoms with E-state index in [0.29, 0.717) is 0 Å². The molecule has 0 atom stereocenters. The van der Waals surface area contributed by atoms with Crippen molar-refractivity contribution in [3.8, 4) is 0 Å². The first-order valence-electron chi connectivity index (χ1n) is 5.76. The van der Waals surface area contributed by atoms with Crippen molar-refractivity contribution in [1.82, 2.24) is 0 Å². The highest BCUT2D eigenvalue weighted by Crippen LogP contribution is 1.98. The van der Waals surface area contributed by atoms with Crippen LogP contribution >= 0.6 is 0 Å². The molecule has 0 bridgehead atoms. The van der Waals surface area contributed by atoms with E-state index in [-0.39, 0.29) is 15.8 Å². The lowest BCUT2D eigenvalue weighted by Crippen LogP contribution is -1.79. The maximum atomic E-state index is 2.22. The minimum Gasteiger partial charge on any atom is -0.0917 e. The fraction of sp³-hybridized carbons (Fsp3) is 0.733. The van der Waals surface area contributed by atoms with Crippen molar-refractivity contribution >= 4 is 8.41 Å². The maximum Gasteiger partial charge on any atom is 0 e. The zero-order valence-electron chi connectivity index (χ0n) is 11.5. The van der Waals surface area contributed by atoms with Crippen LogP contribution in [-0.2, 0) is 0 Å². The lowest BCUT2D eigenvalue weighted by molar-refractivity contribution is 0.663. The largest absolute Gasteiger partial charge is 0.0917 e. The van der Waals surface area contributed by atoms with Crippen molar-refractivity contribution in [2.45, 2.75) is 61.8 Å². The Morgan fingerprint density at radius 3 is 1.06 bits per heavy atom. The van der Waals surface area contributed by atoms with Crippen LogP contribution < -0.4 is 0 Å². The topological polar surface area (TPSA) is 0 Å². The standard InChI is InChI=1S/2C7H14.CH4.B/c2*1-4-5-6-7(2)3;;/h2*4-5,7H,6H2,1-3H3;1H4;/b5-4+;5-4-;;. The summed E-state index contributed by atoms with van der Waals surface area (Å²) in [5.41, 5.74) is 0. The maximum absolute atomic E-state index is 2.22. The van der Waals surface area contributed by atoms with Gasteiger partial charge in [0.05, 0.1) is 0 Å². The van der Waals surface area contributed by atoms with Crippen LogP contribution in [0.25, 0.3) is 0 Å². The van der Waals surface area contributed by atoms with E-state index in [2.05, 4.69) is 65.8 Å². The minimum atomic E-state index is 0. The highest BCUT2D eigenvalue weighted by molar-refractivity contribution is 5.75. The van der Waals surface area contributed by atoms with Crippen LogP contribution in [0.5, 0.6) is 0 Å². The third kappa shape index (κ3) is 37.4. The van der Waals surface area contributed by atoms with Crippen LogP contribution in [0.1, 0.15) is 61.8 Å². The molecule has 0 nitrogen and oxygen atoms in total. The predicted molar refractivity (Wildman–Crippen MR) is 81.0 cm³/mol. The van der Waals surface area contributed by atoms with Crippen LogP contribution in [-0.4, -0.2) is 8.41 Å². The molecule has 0 aliphatic rings. The number of hydrogen-bond donors (Lipinski definition) is 0. The Kier molecular flexibility index (Phi) is 30.9. The van der Waals surface area contributed by atoms with Crippen LogP contribution in [0.3, 0.4) is 0 Å². The molecule has 1 heteroatoms. The van der Waals surface area contributed by atoms with Gasteiger partial charge in [-0.2, -0.15) is 0 Å². The summed E-state index contributed by atoms with van der Waals surface area (Å²) in [6.07, 6.45) is 11.0. The summed E-state index contributed by atoms with van der Waals surface area (Å²) in [5.74, 6) is 1.63. The van der Waals surface area contributed by atoms with Gasteiger partial charge in [-0.15, -0.1) is 0 Å². The average Bonchev–Trinajstić information content (AvgIpc) is 2.12. The van der Waals surface area contributed by atoms with Gasteiger partial charge >= 0.3 is 0 Å². The summed E-state index contributed by atoms with van der Waals surface area (Å²) in [6, 6.07) is 0. The monoisotopic (exact) mass is 223 g/mol. The fourth-order valence-electron chi connectivity index (χ4n) is 0.816. The molecule has 0 rings (SSSR count). The van der Waals surface area contributed by atoms with Gasteiger partial charge in [0.2, 0.25) is 0 Å². The highest BCUT2D eigenvalue weighted by atomic mass is 13.9. The SMILES string of the molecule is C.C/C=C/CC(C)C.C/C=C\CC(C)C.[B]. The molecule has 0 aromatic rings. The minimum absolute atomic E-state index is 0. The second kappa shape index (κ2) is 20.0. The molecule has 0 aliphatic heterocycles. The third-order valence-electron chi connectivity index (χ3n) is 1.69. The molecule has 95 valence electrons. The molecular formula is C15H32B. The van der Waals surface area contributed by atoms with Crippen molar-refractivity contribution in [2.75, 3.05) is 0 Å². The molecule has 0 heterocycles. The first-order chi connectivity index (χ1) is 6.54. The Hall–Kier alpha value is -0.455. The Labute approximate surface area is 107 Å². The normalized spacial score (nSPS) is 10.0. The molecule has 0 saturated heterocycles. The van der Waals surface area contributed by atoms with E-state index >= 15 is 0 Å². The van der Waals surface area contributed by atoms with Crippen LogP contribution in [0.4, 0.5) is 0 Å². The van der Waals surface area contributed by atoms with Gasteiger partial charge in [0, 0.05) is 8.41 Å². The van der Waals surface area contributed by atoms with Gasteiger partial charge in [0.1, 0.15) is 0 Å². The van der Waals surface area contributed by atoms with E-state index < -0.39 is 0 Å². The fourth-order valence-corrected chi connectivity index (χ4v) is 0.816. The number of allylic oxidation sites excluding steroid dienone is 4. The Morgan fingerprint density at radius 2 is 1.00 bits per heavy atom. The van der Waals surface area contributed by atoms with E-state index in [1.807, 2.05) is 0 Å². The molecule has 0 aromatic heterocycles. The molecule has 0 unspecified atom stereocenters. The quantitative estimate of drug-likeness (QED) is 0.437. The number of hydrogen-bond acceptors (Lipinski definition) is 0. The zero-order chi connectivity index (χ0) is 11.4. The summed E-state index contributed by atoms with van der Waals surface area (Å²) in [4.78, 5) is 0. The molecule has 0 aliphatic carbocycles.